The second kappa shape index (κ2) is 13.0. The molecular weight excluding hydrogens is 463 g/mol. The van der Waals surface area contributed by atoms with Gasteiger partial charge in [-0.15, -0.1) is 24.0 Å². The van der Waals surface area contributed by atoms with Crippen molar-refractivity contribution in [1.29, 1.82) is 0 Å². The highest BCUT2D eigenvalue weighted by Crippen LogP contribution is 2.15. The number of imidazole rings is 1. The van der Waals surface area contributed by atoms with Crippen LogP contribution in [0.15, 0.2) is 29.3 Å². The number of aliphatic imine (C=N–C) groups is 1. The van der Waals surface area contributed by atoms with Gasteiger partial charge in [0.1, 0.15) is 5.82 Å². The molecule has 0 amide bonds. The van der Waals surface area contributed by atoms with Gasteiger partial charge < -0.3 is 20.1 Å². The van der Waals surface area contributed by atoms with Gasteiger partial charge in [-0.3, -0.25) is 4.99 Å². The number of aromatic nitrogens is 2. The van der Waals surface area contributed by atoms with E-state index in [2.05, 4.69) is 76.1 Å². The molecule has 0 saturated carbocycles. The van der Waals surface area contributed by atoms with E-state index in [1.165, 1.54) is 11.9 Å². The molecule has 0 aliphatic carbocycles. The number of aryl methyl sites for hydroxylation is 2. The number of hydrogen-bond donors (Lipinski definition) is 2. The number of benzene rings is 1. The van der Waals surface area contributed by atoms with Crippen LogP contribution >= 0.6 is 24.0 Å². The molecule has 2 aromatic rings. The molecule has 0 radical (unpaired) electrons. The zero-order chi connectivity index (χ0) is 19.6. The van der Waals surface area contributed by atoms with E-state index in [-0.39, 0.29) is 24.0 Å². The fourth-order valence-corrected chi connectivity index (χ4v) is 3.09. The molecule has 28 heavy (non-hydrogen) atoms. The highest BCUT2D eigenvalue weighted by atomic mass is 127. The normalized spacial score (nSPS) is 11.9. The Morgan fingerprint density at radius 2 is 1.82 bits per heavy atom. The average Bonchev–Trinajstić information content (AvgIpc) is 2.98. The molecule has 1 heterocycles. The molecule has 2 N–H and O–H groups in total. The third kappa shape index (κ3) is 7.58. The van der Waals surface area contributed by atoms with Gasteiger partial charge in [-0.2, -0.15) is 0 Å². The van der Waals surface area contributed by atoms with Crippen molar-refractivity contribution in [3.05, 3.63) is 30.1 Å². The zero-order valence-electron chi connectivity index (χ0n) is 18.0. The molecule has 0 fully saturated rings. The lowest BCUT2D eigenvalue weighted by Gasteiger charge is -2.20. The Morgan fingerprint density at radius 3 is 2.50 bits per heavy atom. The lowest BCUT2D eigenvalue weighted by molar-refractivity contribution is 0.268. The second-order valence-electron chi connectivity index (χ2n) is 7.36. The van der Waals surface area contributed by atoms with Gasteiger partial charge in [0.15, 0.2) is 5.96 Å². The van der Waals surface area contributed by atoms with E-state index >= 15 is 0 Å². The molecule has 0 aliphatic heterocycles. The summed E-state index contributed by atoms with van der Waals surface area (Å²) in [7, 11) is 4.01. The van der Waals surface area contributed by atoms with Crippen LogP contribution in [0.4, 0.5) is 0 Å². The van der Waals surface area contributed by atoms with Gasteiger partial charge in [-0.1, -0.05) is 12.1 Å². The minimum atomic E-state index is 0. The predicted molar refractivity (Wildman–Crippen MR) is 131 cm³/mol. The molecule has 0 spiro atoms. The molecular formula is C21H37IN6. The molecule has 6 nitrogen and oxygen atoms in total. The summed E-state index contributed by atoms with van der Waals surface area (Å²) >= 11 is 0. The maximum Gasteiger partial charge on any atom is 0.190 e. The summed E-state index contributed by atoms with van der Waals surface area (Å²) < 4.78 is 2.29. The number of fused-ring (bicyclic) bond motifs is 1. The molecule has 1 aromatic heterocycles. The first-order valence-electron chi connectivity index (χ1n) is 10.1. The van der Waals surface area contributed by atoms with Gasteiger partial charge >= 0.3 is 0 Å². The Bertz CT molecular complexity index is 725. The van der Waals surface area contributed by atoms with Gasteiger partial charge in [0, 0.05) is 32.7 Å². The number of para-hydroxylation sites is 2. The zero-order valence-corrected chi connectivity index (χ0v) is 20.4. The summed E-state index contributed by atoms with van der Waals surface area (Å²) in [6.45, 7) is 10.5. The van der Waals surface area contributed by atoms with Crippen LogP contribution < -0.4 is 10.6 Å². The molecule has 0 atom stereocenters. The number of nitrogens with one attached hydrogen (secondary N) is 2. The Hall–Kier alpha value is -1.35. The topological polar surface area (TPSA) is 57.5 Å². The van der Waals surface area contributed by atoms with Crippen LogP contribution in [0.1, 0.15) is 38.9 Å². The number of rotatable bonds is 10. The first-order chi connectivity index (χ1) is 13.0. The van der Waals surface area contributed by atoms with Crippen molar-refractivity contribution < 1.29 is 0 Å². The van der Waals surface area contributed by atoms with E-state index in [9.17, 15) is 0 Å². The van der Waals surface area contributed by atoms with Crippen LogP contribution in [-0.2, 0) is 6.54 Å². The number of hydrogen-bond acceptors (Lipinski definition) is 3. The van der Waals surface area contributed by atoms with Crippen molar-refractivity contribution in [2.24, 2.45) is 4.99 Å². The number of halogens is 1. The van der Waals surface area contributed by atoms with Crippen LogP contribution in [0.2, 0.25) is 0 Å². The molecule has 0 aliphatic rings. The first kappa shape index (κ1) is 24.7. The predicted octanol–water partition coefficient (Wildman–Crippen LogP) is 3.64. The minimum Gasteiger partial charge on any atom is -0.356 e. The third-order valence-electron chi connectivity index (χ3n) is 5.03. The summed E-state index contributed by atoms with van der Waals surface area (Å²) in [4.78, 5) is 11.3. The molecule has 158 valence electrons. The molecule has 1 aromatic carbocycles. The highest BCUT2D eigenvalue weighted by Gasteiger charge is 2.06. The quantitative estimate of drug-likeness (QED) is 0.227. The maximum absolute atomic E-state index is 4.63. The molecule has 0 unspecified atom stereocenters. The van der Waals surface area contributed by atoms with Crippen LogP contribution in [-0.4, -0.2) is 60.2 Å². The van der Waals surface area contributed by atoms with Gasteiger partial charge in [-0.05, 0) is 65.8 Å². The summed E-state index contributed by atoms with van der Waals surface area (Å²) in [5.41, 5.74) is 2.28. The van der Waals surface area contributed by atoms with E-state index in [1.54, 1.807) is 0 Å². The van der Waals surface area contributed by atoms with Crippen molar-refractivity contribution in [2.45, 2.75) is 52.6 Å². The lowest BCUT2D eigenvalue weighted by Crippen LogP contribution is -2.38. The van der Waals surface area contributed by atoms with Crippen molar-refractivity contribution in [3.8, 4) is 0 Å². The van der Waals surface area contributed by atoms with Crippen molar-refractivity contribution >= 4 is 41.0 Å². The van der Waals surface area contributed by atoms with Gasteiger partial charge in [0.05, 0.1) is 11.0 Å². The largest absolute Gasteiger partial charge is 0.356 e. The van der Waals surface area contributed by atoms with E-state index in [1.807, 2.05) is 13.1 Å². The summed E-state index contributed by atoms with van der Waals surface area (Å²) in [6, 6.07) is 8.94. The summed E-state index contributed by atoms with van der Waals surface area (Å²) in [5.74, 6) is 1.96. The van der Waals surface area contributed by atoms with E-state index < -0.39 is 0 Å². The first-order valence-corrected chi connectivity index (χ1v) is 10.1. The van der Waals surface area contributed by atoms with Crippen LogP contribution in [0.3, 0.4) is 0 Å². The van der Waals surface area contributed by atoms with Crippen molar-refractivity contribution in [1.82, 2.24) is 25.1 Å². The van der Waals surface area contributed by atoms with Crippen LogP contribution in [0, 0.1) is 6.92 Å². The van der Waals surface area contributed by atoms with Crippen LogP contribution in [0.25, 0.3) is 11.0 Å². The smallest absolute Gasteiger partial charge is 0.190 e. The van der Waals surface area contributed by atoms with E-state index in [0.29, 0.717) is 6.04 Å². The molecule has 7 heteroatoms. The monoisotopic (exact) mass is 500 g/mol. The number of guanidine groups is 1. The maximum atomic E-state index is 4.63. The molecule has 2 rings (SSSR count). The van der Waals surface area contributed by atoms with Gasteiger partial charge in [0.2, 0.25) is 0 Å². The number of nitrogens with zero attached hydrogens (tertiary/aromatic N) is 4. The van der Waals surface area contributed by atoms with Crippen molar-refractivity contribution in [2.75, 3.05) is 33.7 Å². The Labute approximate surface area is 187 Å². The molecule has 0 saturated heterocycles. The van der Waals surface area contributed by atoms with Gasteiger partial charge in [0.25, 0.3) is 0 Å². The third-order valence-corrected chi connectivity index (χ3v) is 5.03. The summed E-state index contributed by atoms with van der Waals surface area (Å²) in [5, 5.41) is 6.82. The Balaban J connectivity index is 0.00000392. The Kier molecular flexibility index (Phi) is 11.4. The molecule has 0 bridgehead atoms. The fourth-order valence-electron chi connectivity index (χ4n) is 3.09. The highest BCUT2D eigenvalue weighted by molar-refractivity contribution is 14.0. The Morgan fingerprint density at radius 1 is 1.14 bits per heavy atom. The van der Waals surface area contributed by atoms with E-state index in [0.717, 1.165) is 56.3 Å². The van der Waals surface area contributed by atoms with Crippen LogP contribution in [0.5, 0.6) is 0 Å². The average molecular weight is 500 g/mol. The minimum absolute atomic E-state index is 0. The summed E-state index contributed by atoms with van der Waals surface area (Å²) in [6.07, 6.45) is 3.38. The SMILES string of the molecule is CN=C(NCCCCN(C)C(C)C)NCCCn1c(C)nc2ccccc21.I. The van der Waals surface area contributed by atoms with Gasteiger partial charge in [-0.25, -0.2) is 4.98 Å². The standard InChI is InChI=1S/C21H36N6.HI/c1-17(2)26(5)15-9-8-13-23-21(22-4)24-14-10-16-27-18(3)25-19-11-6-7-12-20(19)27;/h6-7,11-12,17H,8-10,13-16H2,1-5H3,(H2,22,23,24);1H. The van der Waals surface area contributed by atoms with Crippen molar-refractivity contribution in [3.63, 3.8) is 0 Å². The fraction of sp³-hybridized carbons (Fsp3) is 0.619. The second-order valence-corrected chi connectivity index (χ2v) is 7.36. The lowest BCUT2D eigenvalue weighted by atomic mass is 10.2. The van der Waals surface area contributed by atoms with E-state index in [4.69, 9.17) is 0 Å². The number of unbranched alkanes of at least 4 members (excludes halogenated alkanes) is 1.